The number of hydrogen-bond donors (Lipinski definition) is 1. The molecule has 1 N–H and O–H groups in total. The molecule has 3 nitrogen and oxygen atoms in total. The number of nitrogens with zero attached hydrogens (tertiary/aromatic N) is 1. The van der Waals surface area contributed by atoms with Gasteiger partial charge in [0.05, 0.1) is 5.69 Å². The standard InChI is InChI=1S/C12H14FNO2/c1-8-3-2-4-10(12(8)13)14-6-9(7-15)5-11(14)16/h2-4,9,15H,5-7H2,1H3. The number of halogens is 1. The first-order valence-corrected chi connectivity index (χ1v) is 5.30. The summed E-state index contributed by atoms with van der Waals surface area (Å²) in [5, 5.41) is 9.00. The third-order valence-corrected chi connectivity index (χ3v) is 2.93. The van der Waals surface area contributed by atoms with Gasteiger partial charge >= 0.3 is 0 Å². The summed E-state index contributed by atoms with van der Waals surface area (Å²) in [5.74, 6) is -0.551. The second-order valence-electron chi connectivity index (χ2n) is 4.17. The molecule has 0 bridgehead atoms. The Morgan fingerprint density at radius 1 is 1.56 bits per heavy atom. The molecular weight excluding hydrogens is 209 g/mol. The molecule has 1 aliphatic rings. The smallest absolute Gasteiger partial charge is 0.227 e. The number of aliphatic hydroxyl groups excluding tert-OH is 1. The quantitative estimate of drug-likeness (QED) is 0.825. The van der Waals surface area contributed by atoms with E-state index in [-0.39, 0.29) is 24.2 Å². The molecule has 0 radical (unpaired) electrons. The lowest BCUT2D eigenvalue weighted by Crippen LogP contribution is -2.26. The van der Waals surface area contributed by atoms with Gasteiger partial charge in [-0.15, -0.1) is 0 Å². The minimum atomic E-state index is -0.352. The molecule has 1 amide bonds. The van der Waals surface area contributed by atoms with E-state index in [9.17, 15) is 9.18 Å². The molecule has 1 aromatic rings. The van der Waals surface area contributed by atoms with Crippen molar-refractivity contribution in [3.8, 4) is 0 Å². The maximum Gasteiger partial charge on any atom is 0.227 e. The van der Waals surface area contributed by atoms with E-state index in [1.54, 1.807) is 25.1 Å². The Kier molecular flexibility index (Phi) is 2.92. The fraction of sp³-hybridized carbons (Fsp3) is 0.417. The number of carbonyl (C=O) groups excluding carboxylic acids is 1. The van der Waals surface area contributed by atoms with E-state index < -0.39 is 0 Å². The average molecular weight is 223 g/mol. The number of rotatable bonds is 2. The number of aryl methyl sites for hydroxylation is 1. The largest absolute Gasteiger partial charge is 0.396 e. The van der Waals surface area contributed by atoms with Crippen molar-refractivity contribution in [3.63, 3.8) is 0 Å². The van der Waals surface area contributed by atoms with Gasteiger partial charge < -0.3 is 10.0 Å². The number of benzene rings is 1. The third-order valence-electron chi connectivity index (χ3n) is 2.93. The molecule has 1 aromatic carbocycles. The van der Waals surface area contributed by atoms with E-state index in [0.717, 1.165) is 0 Å². The highest BCUT2D eigenvalue weighted by molar-refractivity contribution is 5.95. The lowest BCUT2D eigenvalue weighted by molar-refractivity contribution is -0.117. The minimum absolute atomic E-state index is 0.0321. The molecule has 1 heterocycles. The topological polar surface area (TPSA) is 40.5 Å². The highest BCUT2D eigenvalue weighted by Gasteiger charge is 2.31. The van der Waals surface area contributed by atoms with Gasteiger partial charge in [-0.3, -0.25) is 4.79 Å². The second kappa shape index (κ2) is 4.22. The summed E-state index contributed by atoms with van der Waals surface area (Å²) in [4.78, 5) is 13.1. The zero-order valence-electron chi connectivity index (χ0n) is 9.11. The van der Waals surface area contributed by atoms with Crippen LogP contribution in [-0.4, -0.2) is 24.2 Å². The van der Waals surface area contributed by atoms with Gasteiger partial charge in [0.1, 0.15) is 5.82 Å². The fourth-order valence-electron chi connectivity index (χ4n) is 1.98. The molecule has 86 valence electrons. The Morgan fingerprint density at radius 2 is 2.31 bits per heavy atom. The van der Waals surface area contributed by atoms with Crippen LogP contribution in [0.1, 0.15) is 12.0 Å². The summed E-state index contributed by atoms with van der Waals surface area (Å²) in [7, 11) is 0. The van der Waals surface area contributed by atoms with Crippen LogP contribution in [0.3, 0.4) is 0 Å². The monoisotopic (exact) mass is 223 g/mol. The van der Waals surface area contributed by atoms with Crippen molar-refractivity contribution in [2.24, 2.45) is 5.92 Å². The summed E-state index contributed by atoms with van der Waals surface area (Å²) >= 11 is 0. The van der Waals surface area contributed by atoms with Crippen LogP contribution in [0.25, 0.3) is 0 Å². The second-order valence-corrected chi connectivity index (χ2v) is 4.17. The summed E-state index contributed by atoms with van der Waals surface area (Å²) in [6.07, 6.45) is 0.296. The lowest BCUT2D eigenvalue weighted by Gasteiger charge is -2.17. The van der Waals surface area contributed by atoms with Crippen LogP contribution < -0.4 is 4.90 Å². The van der Waals surface area contributed by atoms with Crippen molar-refractivity contribution in [2.45, 2.75) is 13.3 Å². The Morgan fingerprint density at radius 3 is 2.94 bits per heavy atom. The molecule has 0 spiro atoms. The van der Waals surface area contributed by atoms with Gasteiger partial charge in [0.2, 0.25) is 5.91 Å². The summed E-state index contributed by atoms with van der Waals surface area (Å²) in [5.41, 5.74) is 0.846. The molecule has 1 aliphatic heterocycles. The van der Waals surface area contributed by atoms with Crippen molar-refractivity contribution in [1.82, 2.24) is 0 Å². The van der Waals surface area contributed by atoms with Gasteiger partial charge in [-0.2, -0.15) is 0 Å². The number of carbonyl (C=O) groups is 1. The number of hydrogen-bond acceptors (Lipinski definition) is 2. The lowest BCUT2D eigenvalue weighted by atomic mass is 10.1. The molecule has 0 aromatic heterocycles. The number of aliphatic hydroxyl groups is 1. The normalized spacial score (nSPS) is 20.6. The van der Waals surface area contributed by atoms with Crippen LogP contribution in [0, 0.1) is 18.7 Å². The SMILES string of the molecule is Cc1cccc(N2CC(CO)CC2=O)c1F. The molecule has 0 saturated carbocycles. The van der Waals surface area contributed by atoms with Crippen LogP contribution in [-0.2, 0) is 4.79 Å². The molecule has 0 aliphatic carbocycles. The van der Waals surface area contributed by atoms with Gasteiger partial charge in [0, 0.05) is 25.5 Å². The van der Waals surface area contributed by atoms with Crippen molar-refractivity contribution in [2.75, 3.05) is 18.1 Å². The van der Waals surface area contributed by atoms with E-state index >= 15 is 0 Å². The van der Waals surface area contributed by atoms with Gasteiger partial charge in [0.25, 0.3) is 0 Å². The Labute approximate surface area is 93.5 Å². The molecular formula is C12H14FNO2. The number of amides is 1. The van der Waals surface area contributed by atoms with Crippen LogP contribution in [0.4, 0.5) is 10.1 Å². The van der Waals surface area contributed by atoms with E-state index in [1.807, 2.05) is 0 Å². The van der Waals surface area contributed by atoms with E-state index in [4.69, 9.17) is 5.11 Å². The van der Waals surface area contributed by atoms with E-state index in [0.29, 0.717) is 24.2 Å². The van der Waals surface area contributed by atoms with Crippen molar-refractivity contribution >= 4 is 11.6 Å². The van der Waals surface area contributed by atoms with Crippen LogP contribution in [0.2, 0.25) is 0 Å². The molecule has 16 heavy (non-hydrogen) atoms. The summed E-state index contributed by atoms with van der Waals surface area (Å²) < 4.78 is 13.8. The summed E-state index contributed by atoms with van der Waals surface area (Å²) in [6, 6.07) is 5.00. The van der Waals surface area contributed by atoms with Crippen LogP contribution in [0.5, 0.6) is 0 Å². The summed E-state index contributed by atoms with van der Waals surface area (Å²) in [6.45, 7) is 2.04. The predicted molar refractivity (Wildman–Crippen MR) is 58.7 cm³/mol. The van der Waals surface area contributed by atoms with Gasteiger partial charge in [-0.1, -0.05) is 12.1 Å². The molecule has 1 saturated heterocycles. The third kappa shape index (κ3) is 1.80. The first-order valence-electron chi connectivity index (χ1n) is 5.30. The van der Waals surface area contributed by atoms with Gasteiger partial charge in [-0.25, -0.2) is 4.39 Å². The van der Waals surface area contributed by atoms with E-state index in [2.05, 4.69) is 0 Å². The Hall–Kier alpha value is -1.42. The van der Waals surface area contributed by atoms with Crippen molar-refractivity contribution in [3.05, 3.63) is 29.6 Å². The first-order chi connectivity index (χ1) is 7.63. The Balaban J connectivity index is 2.31. The van der Waals surface area contributed by atoms with E-state index in [1.165, 1.54) is 4.90 Å². The van der Waals surface area contributed by atoms with Crippen molar-refractivity contribution in [1.29, 1.82) is 0 Å². The maximum atomic E-state index is 13.8. The molecule has 4 heteroatoms. The zero-order valence-corrected chi connectivity index (χ0v) is 9.11. The molecule has 1 unspecified atom stereocenters. The average Bonchev–Trinajstić information content (AvgIpc) is 2.64. The highest BCUT2D eigenvalue weighted by atomic mass is 19.1. The highest BCUT2D eigenvalue weighted by Crippen LogP contribution is 2.28. The van der Waals surface area contributed by atoms with Gasteiger partial charge in [0.15, 0.2) is 0 Å². The molecule has 2 rings (SSSR count). The van der Waals surface area contributed by atoms with Gasteiger partial charge in [-0.05, 0) is 18.6 Å². The predicted octanol–water partition coefficient (Wildman–Crippen LogP) is 1.48. The van der Waals surface area contributed by atoms with Crippen molar-refractivity contribution < 1.29 is 14.3 Å². The maximum absolute atomic E-state index is 13.8. The zero-order chi connectivity index (χ0) is 11.7. The molecule has 1 fully saturated rings. The molecule has 1 atom stereocenters. The van der Waals surface area contributed by atoms with Crippen LogP contribution >= 0.6 is 0 Å². The Bertz CT molecular complexity index is 419. The van der Waals surface area contributed by atoms with Crippen LogP contribution in [0.15, 0.2) is 18.2 Å². The first kappa shape index (κ1) is 11.1. The minimum Gasteiger partial charge on any atom is -0.396 e. The fourth-order valence-corrected chi connectivity index (χ4v) is 1.98. The number of anilines is 1.